The number of imide groups is 1. The Labute approximate surface area is 142 Å². The second-order valence-corrected chi connectivity index (χ2v) is 5.40. The van der Waals surface area contributed by atoms with Crippen molar-refractivity contribution in [3.05, 3.63) is 65.9 Å². The third-order valence-electron chi connectivity index (χ3n) is 3.74. The maximum absolute atomic E-state index is 13.8. The molecule has 0 aliphatic carbocycles. The molecule has 0 saturated carbocycles. The molecule has 128 valence electrons. The van der Waals surface area contributed by atoms with Gasteiger partial charge in [-0.3, -0.25) is 14.5 Å². The molecule has 0 bridgehead atoms. The third-order valence-corrected chi connectivity index (χ3v) is 3.74. The molecule has 7 heteroatoms. The van der Waals surface area contributed by atoms with E-state index in [2.05, 4.69) is 5.32 Å². The number of benzene rings is 2. The predicted molar refractivity (Wildman–Crippen MR) is 87.3 cm³/mol. The molecular weight excluding hydrogens is 330 g/mol. The van der Waals surface area contributed by atoms with Gasteiger partial charge in [-0.1, -0.05) is 12.1 Å². The van der Waals surface area contributed by atoms with Crippen LogP contribution in [0.2, 0.25) is 0 Å². The van der Waals surface area contributed by atoms with Crippen molar-refractivity contribution in [3.8, 4) is 11.1 Å². The molecule has 0 radical (unpaired) electrons. The van der Waals surface area contributed by atoms with Crippen molar-refractivity contribution in [1.29, 1.82) is 0 Å². The number of hydrogen-bond acceptors (Lipinski definition) is 4. The lowest BCUT2D eigenvalue weighted by molar-refractivity contribution is -0.137. The molecule has 2 aromatic rings. The molecule has 1 heterocycles. The van der Waals surface area contributed by atoms with Crippen LogP contribution in [0.4, 0.5) is 14.5 Å². The highest BCUT2D eigenvalue weighted by molar-refractivity contribution is 6.17. The van der Waals surface area contributed by atoms with Gasteiger partial charge in [0.1, 0.15) is 17.3 Å². The molecule has 0 saturated heterocycles. The minimum Gasteiger partial charge on any atom is -0.395 e. The van der Waals surface area contributed by atoms with Crippen molar-refractivity contribution in [2.24, 2.45) is 0 Å². The minimum atomic E-state index is -0.667. The first-order valence-electron chi connectivity index (χ1n) is 7.50. The standard InChI is InChI=1S/C18H14F2N2O3/c19-12-3-6-14(15(20)9-12)11-1-4-13(5-2-11)21-16-10-17(24)22(7-8-23)18(16)25/h1-6,9-10,21,23H,7-8H2. The molecule has 25 heavy (non-hydrogen) atoms. The van der Waals surface area contributed by atoms with Crippen LogP contribution in [0.3, 0.4) is 0 Å². The number of hydrogen-bond donors (Lipinski definition) is 2. The predicted octanol–water partition coefficient (Wildman–Crippen LogP) is 2.29. The highest BCUT2D eigenvalue weighted by atomic mass is 19.1. The normalized spacial score (nSPS) is 14.0. The lowest BCUT2D eigenvalue weighted by Gasteiger charge is -2.13. The summed E-state index contributed by atoms with van der Waals surface area (Å²) < 4.78 is 26.8. The van der Waals surface area contributed by atoms with Gasteiger partial charge in [-0.25, -0.2) is 8.78 Å². The van der Waals surface area contributed by atoms with Gasteiger partial charge in [0.2, 0.25) is 0 Å². The number of nitrogens with one attached hydrogen (secondary N) is 1. The highest BCUT2D eigenvalue weighted by Gasteiger charge is 2.30. The number of rotatable bonds is 5. The van der Waals surface area contributed by atoms with E-state index in [1.54, 1.807) is 24.3 Å². The zero-order chi connectivity index (χ0) is 18.0. The Balaban J connectivity index is 1.76. The zero-order valence-electron chi connectivity index (χ0n) is 13.0. The van der Waals surface area contributed by atoms with Crippen LogP contribution in [0.15, 0.2) is 54.2 Å². The van der Waals surface area contributed by atoms with E-state index < -0.39 is 23.4 Å². The quantitative estimate of drug-likeness (QED) is 0.817. The molecule has 2 amide bonds. The Morgan fingerprint density at radius 1 is 1.04 bits per heavy atom. The SMILES string of the molecule is O=C1C=C(Nc2ccc(-c3ccc(F)cc3F)cc2)C(=O)N1CCO. The summed E-state index contributed by atoms with van der Waals surface area (Å²) in [6.07, 6.45) is 1.16. The van der Waals surface area contributed by atoms with Crippen molar-refractivity contribution >= 4 is 17.5 Å². The monoisotopic (exact) mass is 344 g/mol. The fourth-order valence-electron chi connectivity index (χ4n) is 2.52. The molecule has 0 fully saturated rings. The minimum absolute atomic E-state index is 0.0673. The van der Waals surface area contributed by atoms with Crippen molar-refractivity contribution in [2.75, 3.05) is 18.5 Å². The number of carbonyl (C=O) groups excluding carboxylic acids is 2. The van der Waals surface area contributed by atoms with Crippen LogP contribution in [0.5, 0.6) is 0 Å². The maximum Gasteiger partial charge on any atom is 0.277 e. The molecule has 0 aromatic heterocycles. The van der Waals surface area contributed by atoms with E-state index in [-0.39, 0.29) is 24.4 Å². The molecule has 1 aliphatic heterocycles. The first-order valence-corrected chi connectivity index (χ1v) is 7.50. The van der Waals surface area contributed by atoms with Gasteiger partial charge in [0.05, 0.1) is 13.2 Å². The summed E-state index contributed by atoms with van der Waals surface area (Å²) in [7, 11) is 0. The molecule has 0 unspecified atom stereocenters. The van der Waals surface area contributed by atoms with Gasteiger partial charge in [0, 0.05) is 23.4 Å². The Morgan fingerprint density at radius 2 is 1.76 bits per heavy atom. The van der Waals surface area contributed by atoms with Crippen molar-refractivity contribution in [1.82, 2.24) is 4.90 Å². The lowest BCUT2D eigenvalue weighted by Crippen LogP contribution is -2.34. The summed E-state index contributed by atoms with van der Waals surface area (Å²) in [5.74, 6) is -2.33. The molecule has 2 N–H and O–H groups in total. The molecule has 1 aliphatic rings. The summed E-state index contributed by atoms with van der Waals surface area (Å²) in [4.78, 5) is 24.7. The summed E-state index contributed by atoms with van der Waals surface area (Å²) >= 11 is 0. The van der Waals surface area contributed by atoms with Crippen LogP contribution in [0, 0.1) is 11.6 Å². The Hall–Kier alpha value is -3.06. The number of carbonyl (C=O) groups is 2. The summed E-state index contributed by atoms with van der Waals surface area (Å²) in [5.41, 5.74) is 1.44. The highest BCUT2D eigenvalue weighted by Crippen LogP contribution is 2.26. The summed E-state index contributed by atoms with van der Waals surface area (Å²) in [6.45, 7) is -0.376. The molecule has 2 aromatic carbocycles. The largest absolute Gasteiger partial charge is 0.395 e. The van der Waals surface area contributed by atoms with E-state index >= 15 is 0 Å². The van der Waals surface area contributed by atoms with Crippen LogP contribution >= 0.6 is 0 Å². The number of aliphatic hydroxyl groups excluding tert-OH is 1. The molecule has 0 spiro atoms. The van der Waals surface area contributed by atoms with Gasteiger partial charge in [0.15, 0.2) is 0 Å². The summed E-state index contributed by atoms with van der Waals surface area (Å²) in [5, 5.41) is 11.7. The fourth-order valence-corrected chi connectivity index (χ4v) is 2.52. The van der Waals surface area contributed by atoms with Crippen LogP contribution in [-0.4, -0.2) is 35.0 Å². The van der Waals surface area contributed by atoms with E-state index in [9.17, 15) is 18.4 Å². The van der Waals surface area contributed by atoms with Gasteiger partial charge in [-0.15, -0.1) is 0 Å². The molecule has 3 rings (SSSR count). The molecular formula is C18H14F2N2O3. The topological polar surface area (TPSA) is 69.6 Å². The van der Waals surface area contributed by atoms with E-state index in [1.165, 1.54) is 12.1 Å². The fraction of sp³-hybridized carbons (Fsp3) is 0.111. The number of β-amino-alcohol motifs (C(OH)–C–C–N with tert-alkyl or cyclic N) is 1. The van der Waals surface area contributed by atoms with E-state index in [0.717, 1.165) is 17.0 Å². The van der Waals surface area contributed by atoms with Crippen molar-refractivity contribution in [2.45, 2.75) is 0 Å². The smallest absolute Gasteiger partial charge is 0.277 e. The first-order chi connectivity index (χ1) is 12.0. The Kier molecular flexibility index (Phi) is 4.58. The molecule has 5 nitrogen and oxygen atoms in total. The average Bonchev–Trinajstić information content (AvgIpc) is 2.84. The first kappa shape index (κ1) is 16.8. The zero-order valence-corrected chi connectivity index (χ0v) is 13.0. The number of aliphatic hydroxyl groups is 1. The van der Waals surface area contributed by atoms with E-state index in [1.807, 2.05) is 0 Å². The van der Waals surface area contributed by atoms with Gasteiger partial charge >= 0.3 is 0 Å². The Bertz CT molecular complexity index is 863. The van der Waals surface area contributed by atoms with Crippen LogP contribution in [0.1, 0.15) is 0 Å². The average molecular weight is 344 g/mol. The van der Waals surface area contributed by atoms with Gasteiger partial charge in [0.25, 0.3) is 11.8 Å². The second-order valence-electron chi connectivity index (χ2n) is 5.40. The van der Waals surface area contributed by atoms with Crippen molar-refractivity contribution in [3.63, 3.8) is 0 Å². The van der Waals surface area contributed by atoms with E-state index in [4.69, 9.17) is 5.11 Å². The number of anilines is 1. The third kappa shape index (κ3) is 3.41. The van der Waals surface area contributed by atoms with Gasteiger partial charge in [-0.05, 0) is 29.8 Å². The van der Waals surface area contributed by atoms with Crippen LogP contribution < -0.4 is 5.32 Å². The van der Waals surface area contributed by atoms with Crippen molar-refractivity contribution < 1.29 is 23.5 Å². The van der Waals surface area contributed by atoms with E-state index in [0.29, 0.717) is 11.3 Å². The van der Waals surface area contributed by atoms with Gasteiger partial charge < -0.3 is 10.4 Å². The number of nitrogens with zero attached hydrogens (tertiary/aromatic N) is 1. The number of halogens is 2. The lowest BCUT2D eigenvalue weighted by atomic mass is 10.0. The Morgan fingerprint density at radius 3 is 2.40 bits per heavy atom. The number of amides is 2. The molecule has 0 atom stereocenters. The second kappa shape index (κ2) is 6.82. The summed E-state index contributed by atoms with van der Waals surface area (Å²) in [6, 6.07) is 9.80. The maximum atomic E-state index is 13.8. The van der Waals surface area contributed by atoms with Gasteiger partial charge in [-0.2, -0.15) is 0 Å². The van der Waals surface area contributed by atoms with Crippen LogP contribution in [0.25, 0.3) is 11.1 Å². The van der Waals surface area contributed by atoms with Crippen LogP contribution in [-0.2, 0) is 9.59 Å².